The number of amides is 1. The van der Waals surface area contributed by atoms with Gasteiger partial charge >= 0.3 is 0 Å². The van der Waals surface area contributed by atoms with Crippen molar-refractivity contribution in [2.45, 2.75) is 45.3 Å². The molecule has 4 rings (SSSR count). The average Bonchev–Trinajstić information content (AvgIpc) is 3.28. The number of nitrogens with zero attached hydrogens (tertiary/aromatic N) is 2. The molecule has 30 heavy (non-hydrogen) atoms. The van der Waals surface area contributed by atoms with Crippen molar-refractivity contribution in [2.24, 2.45) is 5.92 Å². The predicted molar refractivity (Wildman–Crippen MR) is 117 cm³/mol. The van der Waals surface area contributed by atoms with Gasteiger partial charge in [0.15, 0.2) is 0 Å². The molecule has 0 unspecified atom stereocenters. The molecular weight excluding hydrogens is 377 g/mol. The van der Waals surface area contributed by atoms with Gasteiger partial charge in [0.05, 0.1) is 5.92 Å². The first-order chi connectivity index (χ1) is 14.7. The Morgan fingerprint density at radius 2 is 1.60 bits per heavy atom. The molecule has 2 aromatic rings. The van der Waals surface area contributed by atoms with Crippen LogP contribution in [0.1, 0.15) is 42.4 Å². The minimum atomic E-state index is -0.209. The topological polar surface area (TPSA) is 35.6 Å². The Balaban J connectivity index is 1.30. The smallest absolute Gasteiger partial charge is 0.224 e. The SMILES string of the molecule is O=C(NCc1ccccc1CN1CCCC1)[C@H]1CCCN(Cc2ccc(F)cc2)C1. The van der Waals surface area contributed by atoms with Crippen LogP contribution in [0.5, 0.6) is 0 Å². The van der Waals surface area contributed by atoms with E-state index < -0.39 is 0 Å². The summed E-state index contributed by atoms with van der Waals surface area (Å²) in [6, 6.07) is 15.1. The van der Waals surface area contributed by atoms with Crippen LogP contribution in [0.4, 0.5) is 4.39 Å². The van der Waals surface area contributed by atoms with Gasteiger partial charge in [-0.15, -0.1) is 0 Å². The second-order valence-corrected chi connectivity index (χ2v) is 8.67. The molecule has 1 amide bonds. The normalized spacial score (nSPS) is 20.4. The van der Waals surface area contributed by atoms with Gasteiger partial charge in [0.25, 0.3) is 0 Å². The van der Waals surface area contributed by atoms with Crippen LogP contribution in [-0.4, -0.2) is 41.9 Å². The number of hydrogen-bond donors (Lipinski definition) is 1. The summed E-state index contributed by atoms with van der Waals surface area (Å²) in [6.07, 6.45) is 4.52. The van der Waals surface area contributed by atoms with E-state index >= 15 is 0 Å². The van der Waals surface area contributed by atoms with E-state index in [9.17, 15) is 9.18 Å². The summed E-state index contributed by atoms with van der Waals surface area (Å²) >= 11 is 0. The molecule has 160 valence electrons. The van der Waals surface area contributed by atoms with Crippen molar-refractivity contribution in [3.8, 4) is 0 Å². The maximum Gasteiger partial charge on any atom is 0.224 e. The molecular formula is C25H32FN3O. The zero-order chi connectivity index (χ0) is 20.8. The number of piperidine rings is 1. The number of rotatable bonds is 7. The fraction of sp³-hybridized carbons (Fsp3) is 0.480. The lowest BCUT2D eigenvalue weighted by Gasteiger charge is -2.32. The molecule has 5 heteroatoms. The minimum absolute atomic E-state index is 0.0185. The third-order valence-corrected chi connectivity index (χ3v) is 6.36. The summed E-state index contributed by atoms with van der Waals surface area (Å²) in [5.41, 5.74) is 3.63. The van der Waals surface area contributed by atoms with E-state index in [0.717, 1.165) is 44.6 Å². The van der Waals surface area contributed by atoms with Crippen LogP contribution in [-0.2, 0) is 24.4 Å². The molecule has 0 aromatic heterocycles. The van der Waals surface area contributed by atoms with Gasteiger partial charge in [-0.1, -0.05) is 36.4 Å². The van der Waals surface area contributed by atoms with Crippen molar-refractivity contribution < 1.29 is 9.18 Å². The quantitative estimate of drug-likeness (QED) is 0.752. The highest BCUT2D eigenvalue weighted by Gasteiger charge is 2.26. The van der Waals surface area contributed by atoms with E-state index in [1.807, 2.05) is 12.1 Å². The molecule has 2 aromatic carbocycles. The maximum atomic E-state index is 13.1. The zero-order valence-electron chi connectivity index (χ0n) is 17.7. The number of hydrogen-bond acceptors (Lipinski definition) is 3. The molecule has 0 aliphatic carbocycles. The van der Waals surface area contributed by atoms with Crippen LogP contribution in [0.3, 0.4) is 0 Å². The summed E-state index contributed by atoms with van der Waals surface area (Å²) in [4.78, 5) is 17.7. The van der Waals surface area contributed by atoms with E-state index in [1.54, 1.807) is 0 Å². The number of halogens is 1. The number of carbonyl (C=O) groups is 1. The molecule has 2 heterocycles. The third kappa shape index (κ3) is 5.67. The highest BCUT2D eigenvalue weighted by molar-refractivity contribution is 5.79. The molecule has 2 saturated heterocycles. The van der Waals surface area contributed by atoms with Crippen molar-refractivity contribution in [3.63, 3.8) is 0 Å². The second-order valence-electron chi connectivity index (χ2n) is 8.67. The Hall–Kier alpha value is -2.24. The fourth-order valence-electron chi connectivity index (χ4n) is 4.65. The zero-order valence-corrected chi connectivity index (χ0v) is 17.7. The summed E-state index contributed by atoms with van der Waals surface area (Å²) in [5, 5.41) is 3.19. The number of benzene rings is 2. The van der Waals surface area contributed by atoms with Gasteiger partial charge in [0.1, 0.15) is 5.82 Å². The van der Waals surface area contributed by atoms with Crippen molar-refractivity contribution in [2.75, 3.05) is 26.2 Å². The van der Waals surface area contributed by atoms with Gasteiger partial charge < -0.3 is 5.32 Å². The van der Waals surface area contributed by atoms with Gasteiger partial charge in [-0.05, 0) is 74.1 Å². The van der Waals surface area contributed by atoms with Crippen molar-refractivity contribution in [1.82, 2.24) is 15.1 Å². The number of likely N-dealkylation sites (tertiary alicyclic amines) is 2. The Kier molecular flexibility index (Phi) is 7.13. The summed E-state index contributed by atoms with van der Waals surface area (Å²) in [7, 11) is 0. The lowest BCUT2D eigenvalue weighted by molar-refractivity contribution is -0.126. The lowest BCUT2D eigenvalue weighted by atomic mass is 9.96. The number of nitrogens with one attached hydrogen (secondary N) is 1. The van der Waals surface area contributed by atoms with E-state index in [0.29, 0.717) is 6.54 Å². The largest absolute Gasteiger partial charge is 0.352 e. The monoisotopic (exact) mass is 409 g/mol. The molecule has 0 radical (unpaired) electrons. The maximum absolute atomic E-state index is 13.1. The van der Waals surface area contributed by atoms with E-state index in [1.165, 1.54) is 49.2 Å². The Morgan fingerprint density at radius 3 is 2.37 bits per heavy atom. The van der Waals surface area contributed by atoms with E-state index in [4.69, 9.17) is 0 Å². The van der Waals surface area contributed by atoms with Crippen LogP contribution >= 0.6 is 0 Å². The molecule has 2 fully saturated rings. The summed E-state index contributed by atoms with van der Waals surface area (Å²) in [6.45, 7) is 6.43. The summed E-state index contributed by atoms with van der Waals surface area (Å²) in [5.74, 6) is -0.0422. The predicted octanol–water partition coefficient (Wildman–Crippen LogP) is 3.95. The lowest BCUT2D eigenvalue weighted by Crippen LogP contribution is -2.42. The van der Waals surface area contributed by atoms with E-state index in [2.05, 4.69) is 39.4 Å². The second kappa shape index (κ2) is 10.2. The van der Waals surface area contributed by atoms with Crippen LogP contribution in [0, 0.1) is 11.7 Å². The minimum Gasteiger partial charge on any atom is -0.352 e. The molecule has 1 atom stereocenters. The Labute approximate surface area is 179 Å². The van der Waals surface area contributed by atoms with Crippen molar-refractivity contribution >= 4 is 5.91 Å². The third-order valence-electron chi connectivity index (χ3n) is 6.36. The van der Waals surface area contributed by atoms with Crippen LogP contribution < -0.4 is 5.32 Å². The van der Waals surface area contributed by atoms with Crippen LogP contribution in [0.2, 0.25) is 0 Å². The van der Waals surface area contributed by atoms with Gasteiger partial charge in [0.2, 0.25) is 5.91 Å². The first-order valence-electron chi connectivity index (χ1n) is 11.2. The standard InChI is InChI=1S/C25H32FN3O/c26-24-11-9-20(10-12-24)17-29-15-5-8-23(19-29)25(30)27-16-21-6-1-2-7-22(21)18-28-13-3-4-14-28/h1-2,6-7,9-12,23H,3-5,8,13-19H2,(H,27,30)/t23-/m0/s1. The van der Waals surface area contributed by atoms with Crippen molar-refractivity contribution in [3.05, 3.63) is 71.0 Å². The molecule has 0 spiro atoms. The average molecular weight is 410 g/mol. The molecule has 0 bridgehead atoms. The van der Waals surface area contributed by atoms with Gasteiger partial charge in [-0.3, -0.25) is 14.6 Å². The fourth-order valence-corrected chi connectivity index (χ4v) is 4.65. The van der Waals surface area contributed by atoms with E-state index in [-0.39, 0.29) is 17.6 Å². The molecule has 4 nitrogen and oxygen atoms in total. The summed E-state index contributed by atoms with van der Waals surface area (Å²) < 4.78 is 13.1. The molecule has 2 aliphatic rings. The first-order valence-corrected chi connectivity index (χ1v) is 11.2. The molecule has 0 saturated carbocycles. The highest BCUT2D eigenvalue weighted by Crippen LogP contribution is 2.20. The Morgan fingerprint density at radius 1 is 0.900 bits per heavy atom. The Bertz CT molecular complexity index is 833. The first kappa shape index (κ1) is 21.0. The molecule has 2 aliphatic heterocycles. The highest BCUT2D eigenvalue weighted by atomic mass is 19.1. The van der Waals surface area contributed by atoms with Gasteiger partial charge in [-0.25, -0.2) is 4.39 Å². The molecule has 1 N–H and O–H groups in total. The van der Waals surface area contributed by atoms with Crippen LogP contribution in [0.25, 0.3) is 0 Å². The van der Waals surface area contributed by atoms with Crippen molar-refractivity contribution in [1.29, 1.82) is 0 Å². The van der Waals surface area contributed by atoms with Crippen LogP contribution in [0.15, 0.2) is 48.5 Å². The van der Waals surface area contributed by atoms with Gasteiger partial charge in [0, 0.05) is 26.2 Å². The number of carbonyl (C=O) groups excluding carboxylic acids is 1. The van der Waals surface area contributed by atoms with Gasteiger partial charge in [-0.2, -0.15) is 0 Å².